The maximum atomic E-state index is 13.0. The fourth-order valence-electron chi connectivity index (χ4n) is 9.96. The normalized spacial score (nSPS) is 14.9. The zero-order chi connectivity index (χ0) is 75.2. The Morgan fingerprint density at radius 2 is 0.515 bits per heavy atom. The SMILES string of the molecule is CC/C=C\C/C=C\C/C=C\C/C=C\C/C=C\C/C=C\CCCCCCC(=O)OCC(COP(=O)(O)OCC(O)COP(=O)(O)OCC(O)COC(=O)CCCCCCCCCCC/C=C\C/C=C\C/C=C\C/C=C\CCCCC)OC(=O)CCCCCCCC/C=C\C/C=C\C/C=C\C/C=C\CC. The molecule has 0 heterocycles. The summed E-state index contributed by atoms with van der Waals surface area (Å²) in [5.41, 5.74) is 0. The number of carbonyl (C=O) groups excluding carboxylic acids is 3. The van der Waals surface area contributed by atoms with E-state index in [0.717, 1.165) is 180 Å². The van der Waals surface area contributed by atoms with Crippen LogP contribution < -0.4 is 0 Å². The van der Waals surface area contributed by atoms with Gasteiger partial charge in [0.15, 0.2) is 6.10 Å². The number of esters is 3. The predicted molar refractivity (Wildman–Crippen MR) is 426 cm³/mol. The zero-order valence-electron chi connectivity index (χ0n) is 63.9. The molecule has 0 aliphatic heterocycles. The molecule has 0 fully saturated rings. The lowest BCUT2D eigenvalue weighted by Crippen LogP contribution is -2.30. The number of phosphoric acid groups is 2. The van der Waals surface area contributed by atoms with Gasteiger partial charge in [-0.05, 0) is 154 Å². The van der Waals surface area contributed by atoms with Gasteiger partial charge in [-0.3, -0.25) is 32.5 Å². The molecule has 4 N–H and O–H groups in total. The number of carbonyl (C=O) groups is 3. The van der Waals surface area contributed by atoms with Gasteiger partial charge in [-0.1, -0.05) is 287 Å². The van der Waals surface area contributed by atoms with Gasteiger partial charge in [-0.25, -0.2) is 9.13 Å². The molecule has 5 atom stereocenters. The largest absolute Gasteiger partial charge is 0.472 e. The molecule has 0 rings (SSSR count). The van der Waals surface area contributed by atoms with Crippen molar-refractivity contribution < 1.29 is 75.8 Å². The molecule has 16 nitrogen and oxygen atoms in total. The van der Waals surface area contributed by atoms with Crippen LogP contribution >= 0.6 is 15.6 Å². The lowest BCUT2D eigenvalue weighted by Gasteiger charge is -2.21. The van der Waals surface area contributed by atoms with E-state index in [9.17, 15) is 43.5 Å². The summed E-state index contributed by atoms with van der Waals surface area (Å²) in [5, 5.41) is 20.6. The minimum atomic E-state index is -4.95. The molecule has 0 aromatic carbocycles. The van der Waals surface area contributed by atoms with Gasteiger partial charge in [0.1, 0.15) is 25.4 Å². The van der Waals surface area contributed by atoms with E-state index in [2.05, 4.69) is 191 Å². The first-order valence-electron chi connectivity index (χ1n) is 39.4. The van der Waals surface area contributed by atoms with Gasteiger partial charge in [-0.15, -0.1) is 0 Å². The standard InChI is InChI=1S/C85H140O16P2/c1-4-7-10-13-16-19-22-25-28-31-34-36-38-39-41-43-45-47-50-53-56-59-62-65-68-71-83(88)95-74-80(86)75-97-102(91,92)98-76-81(87)77-99-103(93,94)100-79-82(101-85(90)73-70-67-64-61-58-55-52-49-44-33-30-27-24-21-18-15-12-9-6-3)78-96-84(89)72-69-66-63-60-57-54-51-48-46-42-40-37-35-32-29-26-23-20-17-14-11-8-5-2/h8-9,11-12,16-21,25-30,34-37,39,41-42,44,46,49,51,54,80-82,86-87H,4-7,10,13-15,22-24,31-33,38,40,43,45,47-48,50,52-53,55-79H2,1-3H3,(H,91,92)(H,93,94)/b11-8-,12-9-,19-16-,20-17-,21-18-,28-25-,29-26-,30-27-,36-34-,37-35-,41-39-,46-42-,49-44-,54-51-. The van der Waals surface area contributed by atoms with Crippen LogP contribution in [0, 0.1) is 0 Å². The number of aliphatic hydroxyl groups excluding tert-OH is 2. The molecule has 0 aliphatic rings. The maximum Gasteiger partial charge on any atom is 0.472 e. The second-order valence-corrected chi connectivity index (χ2v) is 28.7. The number of hydrogen-bond acceptors (Lipinski definition) is 14. The van der Waals surface area contributed by atoms with Crippen molar-refractivity contribution in [2.45, 2.75) is 309 Å². The number of aliphatic hydroxyl groups is 2. The maximum absolute atomic E-state index is 13.0. The van der Waals surface area contributed by atoms with Gasteiger partial charge in [0.25, 0.3) is 0 Å². The summed E-state index contributed by atoms with van der Waals surface area (Å²) in [7, 11) is -9.82. The highest BCUT2D eigenvalue weighted by molar-refractivity contribution is 7.47. The van der Waals surface area contributed by atoms with Crippen LogP contribution in [0.25, 0.3) is 0 Å². The molecule has 0 radical (unpaired) electrons. The Bertz CT molecular complexity index is 2550. The van der Waals surface area contributed by atoms with Gasteiger partial charge in [0.05, 0.1) is 26.4 Å². The van der Waals surface area contributed by atoms with Gasteiger partial charge in [-0.2, -0.15) is 0 Å². The number of phosphoric ester groups is 2. The fourth-order valence-corrected chi connectivity index (χ4v) is 11.5. The van der Waals surface area contributed by atoms with Crippen molar-refractivity contribution in [1.29, 1.82) is 0 Å². The van der Waals surface area contributed by atoms with Crippen molar-refractivity contribution in [2.75, 3.05) is 39.6 Å². The summed E-state index contributed by atoms with van der Waals surface area (Å²) in [5.74, 6) is -1.63. The van der Waals surface area contributed by atoms with Crippen molar-refractivity contribution in [3.63, 3.8) is 0 Å². The predicted octanol–water partition coefficient (Wildman–Crippen LogP) is 23.2. The van der Waals surface area contributed by atoms with Crippen LogP contribution in [-0.2, 0) is 55.8 Å². The molecule has 0 spiro atoms. The van der Waals surface area contributed by atoms with Crippen molar-refractivity contribution in [3.8, 4) is 0 Å². The molecule has 5 unspecified atom stereocenters. The summed E-state index contributed by atoms with van der Waals surface area (Å²) in [6, 6.07) is 0. The quantitative estimate of drug-likeness (QED) is 0.0146. The van der Waals surface area contributed by atoms with Crippen LogP contribution in [0.1, 0.15) is 290 Å². The summed E-state index contributed by atoms with van der Waals surface area (Å²) in [4.78, 5) is 58.7. The highest BCUT2D eigenvalue weighted by atomic mass is 31.2. The molecule has 0 bridgehead atoms. The molecule has 0 aliphatic carbocycles. The Labute approximate surface area is 624 Å². The van der Waals surface area contributed by atoms with Crippen molar-refractivity contribution >= 4 is 33.6 Å². The monoisotopic (exact) mass is 1480 g/mol. The highest BCUT2D eigenvalue weighted by Gasteiger charge is 2.29. The summed E-state index contributed by atoms with van der Waals surface area (Å²) < 4.78 is 61.2. The minimum absolute atomic E-state index is 0.0753. The van der Waals surface area contributed by atoms with Crippen LogP contribution in [0.3, 0.4) is 0 Å². The average molecular weight is 1480 g/mol. The number of ether oxygens (including phenoxy) is 3. The third kappa shape index (κ3) is 77.8. The van der Waals surface area contributed by atoms with E-state index < -0.39 is 91.5 Å². The lowest BCUT2D eigenvalue weighted by molar-refractivity contribution is -0.161. The van der Waals surface area contributed by atoms with Crippen LogP contribution in [0.2, 0.25) is 0 Å². The van der Waals surface area contributed by atoms with Gasteiger partial charge < -0.3 is 34.2 Å². The Hall–Kier alpha value is -5.09. The van der Waals surface area contributed by atoms with E-state index in [1.807, 2.05) is 0 Å². The van der Waals surface area contributed by atoms with E-state index in [4.69, 9.17) is 32.3 Å². The van der Waals surface area contributed by atoms with Gasteiger partial charge >= 0.3 is 33.6 Å². The van der Waals surface area contributed by atoms with Crippen molar-refractivity contribution in [1.82, 2.24) is 0 Å². The van der Waals surface area contributed by atoms with E-state index in [1.54, 1.807) is 0 Å². The molecule has 0 amide bonds. The molecule has 0 saturated heterocycles. The van der Waals surface area contributed by atoms with Crippen LogP contribution in [0.4, 0.5) is 0 Å². The minimum Gasteiger partial charge on any atom is -0.463 e. The van der Waals surface area contributed by atoms with Crippen LogP contribution in [0.15, 0.2) is 170 Å². The zero-order valence-corrected chi connectivity index (χ0v) is 65.7. The number of unbranched alkanes of at least 4 members (excludes halogenated alkanes) is 22. The summed E-state index contributed by atoms with van der Waals surface area (Å²) in [6.07, 6.45) is 96.7. The first kappa shape index (κ1) is 97.9. The van der Waals surface area contributed by atoms with Crippen LogP contribution in [-0.4, -0.2) is 95.9 Å². The smallest absolute Gasteiger partial charge is 0.463 e. The number of rotatable bonds is 73. The van der Waals surface area contributed by atoms with E-state index in [-0.39, 0.29) is 19.3 Å². The van der Waals surface area contributed by atoms with E-state index in [0.29, 0.717) is 19.3 Å². The van der Waals surface area contributed by atoms with Gasteiger partial charge in [0, 0.05) is 19.3 Å². The highest BCUT2D eigenvalue weighted by Crippen LogP contribution is 2.45. The lowest BCUT2D eigenvalue weighted by atomic mass is 10.1. The molecule has 18 heteroatoms. The molecule has 0 saturated carbocycles. The van der Waals surface area contributed by atoms with Crippen molar-refractivity contribution in [2.24, 2.45) is 0 Å². The summed E-state index contributed by atoms with van der Waals surface area (Å²) in [6.45, 7) is 2.36. The van der Waals surface area contributed by atoms with Gasteiger partial charge in [0.2, 0.25) is 0 Å². The Kier molecular flexibility index (Phi) is 72.8. The van der Waals surface area contributed by atoms with Crippen LogP contribution in [0.5, 0.6) is 0 Å². The molecule has 0 aromatic rings. The average Bonchev–Trinajstić information content (AvgIpc) is 0.939. The second kappa shape index (κ2) is 76.6. The molecular formula is C85H140O16P2. The summed E-state index contributed by atoms with van der Waals surface area (Å²) >= 11 is 0. The Morgan fingerprint density at radius 1 is 0.282 bits per heavy atom. The topological polar surface area (TPSA) is 231 Å². The third-order valence-electron chi connectivity index (χ3n) is 15.9. The van der Waals surface area contributed by atoms with E-state index in [1.165, 1.54) is 51.4 Å². The number of allylic oxidation sites excluding steroid dienone is 28. The molecule has 586 valence electrons. The Morgan fingerprint density at radius 3 is 0.816 bits per heavy atom. The molecule has 0 aromatic heterocycles. The molecule has 103 heavy (non-hydrogen) atoms. The third-order valence-corrected chi connectivity index (χ3v) is 17.8. The second-order valence-electron chi connectivity index (χ2n) is 25.7. The fraction of sp³-hybridized carbons (Fsp3) is 0.635. The first-order chi connectivity index (χ1) is 50.2. The van der Waals surface area contributed by atoms with E-state index >= 15 is 0 Å². The number of hydrogen-bond donors (Lipinski definition) is 4. The van der Waals surface area contributed by atoms with Crippen molar-refractivity contribution in [3.05, 3.63) is 170 Å². The first-order valence-corrected chi connectivity index (χ1v) is 42.4. The Balaban J connectivity index is 4.72. The molecular weight excluding hydrogens is 1340 g/mol.